The smallest absolute Gasteiger partial charge is 0.462 e. The summed E-state index contributed by atoms with van der Waals surface area (Å²) in [6.45, 7) is 3.56. The van der Waals surface area contributed by atoms with Gasteiger partial charge in [0.15, 0.2) is 6.10 Å². The molecule has 0 fully saturated rings. The summed E-state index contributed by atoms with van der Waals surface area (Å²) in [5.74, 6) is -0.816. The first kappa shape index (κ1) is 87.4. The first-order valence-electron chi connectivity index (χ1n) is 38.0. The third-order valence-corrected chi connectivity index (χ3v) is 17.3. The number of hydrogen-bond acceptors (Lipinski definition) is 8. The Morgan fingerprint density at radius 3 is 0.846 bits per heavy atom. The van der Waals surface area contributed by atoms with Crippen molar-refractivity contribution in [3.63, 3.8) is 0 Å². The first-order chi connectivity index (χ1) is 44.8. The van der Waals surface area contributed by atoms with E-state index in [1.165, 1.54) is 218 Å². The number of phosphoric acid groups is 1. The molecule has 524 valence electrons. The minimum absolute atomic E-state index is 0.0516. The van der Waals surface area contributed by atoms with E-state index in [4.69, 9.17) is 24.3 Å². The molecule has 0 heterocycles. The zero-order valence-corrected chi connectivity index (χ0v) is 59.9. The van der Waals surface area contributed by atoms with Crippen molar-refractivity contribution < 1.29 is 37.6 Å². The summed E-state index contributed by atoms with van der Waals surface area (Å²) in [5.41, 5.74) is 5.41. The summed E-state index contributed by atoms with van der Waals surface area (Å²) < 4.78 is 33.3. The molecule has 0 radical (unpaired) electrons. The molecule has 10 heteroatoms. The number of allylic oxidation sites excluding steroid dienone is 20. The van der Waals surface area contributed by atoms with E-state index in [2.05, 4.69) is 135 Å². The Labute approximate surface area is 561 Å². The zero-order valence-electron chi connectivity index (χ0n) is 59.1. The van der Waals surface area contributed by atoms with E-state index in [-0.39, 0.29) is 38.6 Å². The highest BCUT2D eigenvalue weighted by Crippen LogP contribution is 2.43. The van der Waals surface area contributed by atoms with Crippen molar-refractivity contribution in [2.75, 3.05) is 26.4 Å². The monoisotopic (exact) mass is 1290 g/mol. The second-order valence-electron chi connectivity index (χ2n) is 25.1. The van der Waals surface area contributed by atoms with Crippen LogP contribution in [0, 0.1) is 0 Å². The van der Waals surface area contributed by atoms with Crippen molar-refractivity contribution in [2.45, 2.75) is 354 Å². The molecular formula is C81H142NO8P. The van der Waals surface area contributed by atoms with Gasteiger partial charge < -0.3 is 20.1 Å². The molecule has 2 unspecified atom stereocenters. The molecule has 91 heavy (non-hydrogen) atoms. The van der Waals surface area contributed by atoms with Gasteiger partial charge in [-0.2, -0.15) is 0 Å². The van der Waals surface area contributed by atoms with Gasteiger partial charge in [0.05, 0.1) is 13.2 Å². The minimum atomic E-state index is -4.40. The van der Waals surface area contributed by atoms with Crippen molar-refractivity contribution in [1.82, 2.24) is 0 Å². The number of esters is 2. The average molecular weight is 1290 g/mol. The third kappa shape index (κ3) is 75.3. The molecule has 0 aromatic carbocycles. The number of ether oxygens (including phenoxy) is 2. The zero-order chi connectivity index (χ0) is 65.8. The van der Waals surface area contributed by atoms with Gasteiger partial charge in [0.2, 0.25) is 0 Å². The Bertz CT molecular complexity index is 1910. The highest BCUT2D eigenvalue weighted by molar-refractivity contribution is 7.47. The van der Waals surface area contributed by atoms with Gasteiger partial charge in [-0.25, -0.2) is 4.57 Å². The SMILES string of the molecule is CC/C=C\C/C=C\C/C=C\C/C=C\C/C=C\CCCCCCCCCCCCCCCCCCCCCCCCCC(=O)OC(COC(=O)CCCCCCCCCCCCCCCCC/C=C\C/C=C\C/C=C\C/C=C\C/C=C\CC)COP(=O)(O)OCCN. The third-order valence-electron chi connectivity index (χ3n) is 16.3. The molecule has 0 bridgehead atoms. The van der Waals surface area contributed by atoms with E-state index in [1.807, 2.05) is 0 Å². The molecular weight excluding hydrogens is 1150 g/mol. The number of phosphoric ester groups is 1. The Hall–Kier alpha value is -3.59. The molecule has 0 aliphatic carbocycles. The van der Waals surface area contributed by atoms with E-state index in [0.29, 0.717) is 6.42 Å². The lowest BCUT2D eigenvalue weighted by Crippen LogP contribution is -2.29. The summed E-state index contributed by atoms with van der Waals surface area (Å²) in [5, 5.41) is 0. The lowest BCUT2D eigenvalue weighted by Gasteiger charge is -2.19. The molecule has 9 nitrogen and oxygen atoms in total. The van der Waals surface area contributed by atoms with E-state index in [9.17, 15) is 19.0 Å². The maximum Gasteiger partial charge on any atom is 0.472 e. The van der Waals surface area contributed by atoms with Crippen LogP contribution in [0.4, 0.5) is 0 Å². The Morgan fingerprint density at radius 2 is 0.571 bits per heavy atom. The van der Waals surface area contributed by atoms with Crippen LogP contribution >= 0.6 is 7.82 Å². The molecule has 0 aromatic heterocycles. The fraction of sp³-hybridized carbons (Fsp3) is 0.728. The maximum absolute atomic E-state index is 12.8. The predicted octanol–water partition coefficient (Wildman–Crippen LogP) is 25.4. The van der Waals surface area contributed by atoms with Crippen molar-refractivity contribution in [3.8, 4) is 0 Å². The summed E-state index contributed by atoms with van der Waals surface area (Å²) in [7, 11) is -4.40. The number of carbonyl (C=O) groups is 2. The Morgan fingerprint density at radius 1 is 0.330 bits per heavy atom. The number of unbranched alkanes of at least 4 members (excludes halogenated alkanes) is 38. The molecule has 0 saturated heterocycles. The molecule has 0 amide bonds. The fourth-order valence-electron chi connectivity index (χ4n) is 10.8. The highest BCUT2D eigenvalue weighted by atomic mass is 31.2. The van der Waals surface area contributed by atoms with Crippen LogP contribution in [0.1, 0.15) is 348 Å². The number of nitrogens with two attached hydrogens (primary N) is 1. The fourth-order valence-corrected chi connectivity index (χ4v) is 11.6. The van der Waals surface area contributed by atoms with Crippen molar-refractivity contribution >= 4 is 19.8 Å². The number of carbonyl (C=O) groups excluding carboxylic acids is 2. The number of hydrogen-bond donors (Lipinski definition) is 2. The van der Waals surface area contributed by atoms with E-state index in [0.717, 1.165) is 96.3 Å². The summed E-state index contributed by atoms with van der Waals surface area (Å²) >= 11 is 0. The van der Waals surface area contributed by atoms with Gasteiger partial charge in [-0.05, 0) is 103 Å². The van der Waals surface area contributed by atoms with Crippen LogP contribution < -0.4 is 5.73 Å². The van der Waals surface area contributed by atoms with Gasteiger partial charge in [-0.1, -0.05) is 354 Å². The lowest BCUT2D eigenvalue weighted by atomic mass is 10.0. The maximum atomic E-state index is 12.8. The highest BCUT2D eigenvalue weighted by Gasteiger charge is 2.26. The second kappa shape index (κ2) is 75.4. The minimum Gasteiger partial charge on any atom is -0.462 e. The van der Waals surface area contributed by atoms with E-state index < -0.39 is 26.5 Å². The molecule has 0 saturated carbocycles. The van der Waals surface area contributed by atoms with Crippen LogP contribution in [-0.2, 0) is 32.7 Å². The summed E-state index contributed by atoms with van der Waals surface area (Å²) in [4.78, 5) is 35.4. The Balaban J connectivity index is 3.81. The second-order valence-corrected chi connectivity index (χ2v) is 26.6. The molecule has 0 rings (SSSR count). The van der Waals surface area contributed by atoms with Crippen LogP contribution in [-0.4, -0.2) is 49.3 Å². The summed E-state index contributed by atoms with van der Waals surface area (Å²) in [6.07, 6.45) is 106. The standard InChI is InChI=1S/C81H142NO8P/c1-3-5-7-9-11-13-15-17-19-21-23-25-27-29-31-33-35-36-37-38-39-40-41-42-44-46-48-50-52-54-56-58-60-62-64-66-68-70-72-74-81(84)90-79(78-89-91(85,86)88-76-75-82)77-87-80(83)73-71-69-67-65-63-61-59-57-55-53-51-49-47-45-43-34-32-30-28-26-24-22-20-18-16-14-12-10-8-6-4-2/h5-8,11-14,17-20,23-26,29-32,79H,3-4,9-10,15-16,21-22,27-28,33-78,82H2,1-2H3,(H,85,86)/b7-5-,8-6-,13-11-,14-12-,19-17-,20-18-,25-23-,26-24-,31-29-,32-30-. The largest absolute Gasteiger partial charge is 0.472 e. The van der Waals surface area contributed by atoms with Gasteiger partial charge in [0.25, 0.3) is 0 Å². The van der Waals surface area contributed by atoms with Gasteiger partial charge in [0.1, 0.15) is 6.61 Å². The van der Waals surface area contributed by atoms with Crippen molar-refractivity contribution in [3.05, 3.63) is 122 Å². The molecule has 0 aliphatic heterocycles. The molecule has 2 atom stereocenters. The van der Waals surface area contributed by atoms with Gasteiger partial charge in [-0.3, -0.25) is 18.6 Å². The van der Waals surface area contributed by atoms with Crippen LogP contribution in [0.3, 0.4) is 0 Å². The van der Waals surface area contributed by atoms with Crippen molar-refractivity contribution in [1.29, 1.82) is 0 Å². The van der Waals surface area contributed by atoms with Crippen LogP contribution in [0.2, 0.25) is 0 Å². The number of rotatable bonds is 71. The quantitative estimate of drug-likeness (QED) is 0.0264. The molecule has 0 aliphatic rings. The average Bonchev–Trinajstić information content (AvgIpc) is 3.71. The topological polar surface area (TPSA) is 134 Å². The van der Waals surface area contributed by atoms with Crippen LogP contribution in [0.15, 0.2) is 122 Å². The molecule has 0 spiro atoms. The van der Waals surface area contributed by atoms with Gasteiger partial charge >= 0.3 is 19.8 Å². The predicted molar refractivity (Wildman–Crippen MR) is 394 cm³/mol. The van der Waals surface area contributed by atoms with Crippen molar-refractivity contribution in [2.24, 2.45) is 5.73 Å². The molecule has 0 aromatic rings. The summed E-state index contributed by atoms with van der Waals surface area (Å²) in [6, 6.07) is 0. The van der Waals surface area contributed by atoms with E-state index in [1.54, 1.807) is 0 Å². The lowest BCUT2D eigenvalue weighted by molar-refractivity contribution is -0.161. The van der Waals surface area contributed by atoms with Crippen LogP contribution in [0.5, 0.6) is 0 Å². The Kier molecular flexibility index (Phi) is 72.5. The normalized spacial score (nSPS) is 13.6. The van der Waals surface area contributed by atoms with Crippen LogP contribution in [0.25, 0.3) is 0 Å². The van der Waals surface area contributed by atoms with Gasteiger partial charge in [-0.15, -0.1) is 0 Å². The van der Waals surface area contributed by atoms with E-state index >= 15 is 0 Å². The first-order valence-corrected chi connectivity index (χ1v) is 39.5. The van der Waals surface area contributed by atoms with Gasteiger partial charge in [0, 0.05) is 19.4 Å². The molecule has 3 N–H and O–H groups in total.